The zero-order valence-corrected chi connectivity index (χ0v) is 26.2. The van der Waals surface area contributed by atoms with Crippen molar-refractivity contribution in [3.05, 3.63) is 54.1 Å². The minimum Gasteiger partial charge on any atom is -0.382 e. The van der Waals surface area contributed by atoms with E-state index in [1.165, 1.54) is 94.7 Å². The minimum atomic E-state index is -0.320. The van der Waals surface area contributed by atoms with E-state index in [0.717, 1.165) is 54.1 Å². The number of fused-ring (bicyclic) bond motifs is 9. The molecular weight excluding hydrogens is 524 g/mol. The van der Waals surface area contributed by atoms with E-state index >= 15 is 0 Å². The van der Waals surface area contributed by atoms with Crippen molar-refractivity contribution in [2.75, 3.05) is 5.32 Å². The lowest BCUT2D eigenvalue weighted by atomic mass is 9.66. The molecule has 0 unspecified atom stereocenters. The second kappa shape index (κ2) is 10.3. The summed E-state index contributed by atoms with van der Waals surface area (Å²) >= 11 is 0. The normalized spacial score (nSPS) is 48.8. The standard InChI is InChI=1S/C40H54N2O/c1-23-11-16-35-38(33-20-27(19-31(23)33)24-7-3-2-4-8-24)40(35,37(41)22-43)29-14-15-30-28(17-29)21-34-32(30)18-26-13-12-25-9-5-6-10-36(25)42-39(26)34/h5-6,9-10,14-15,22,24,26-35,37-39,42H,1-4,7-8,11-13,16-21,41H2/t26-,27+,28+,29-,30-,31-,32+,33+,34+,35+,37+,38+,39-,40-/m1/s1. The Balaban J connectivity index is 0.975. The average Bonchev–Trinajstić information content (AvgIpc) is 3.23. The molecule has 0 radical (unpaired) electrons. The van der Waals surface area contributed by atoms with Gasteiger partial charge < -0.3 is 15.8 Å². The molecule has 1 aromatic rings. The predicted molar refractivity (Wildman–Crippen MR) is 174 cm³/mol. The van der Waals surface area contributed by atoms with E-state index in [0.29, 0.717) is 35.6 Å². The molecule has 6 saturated carbocycles. The summed E-state index contributed by atoms with van der Waals surface area (Å²) in [5, 5.41) is 4.09. The molecule has 14 atom stereocenters. The molecule has 1 aromatic carbocycles. The summed E-state index contributed by atoms with van der Waals surface area (Å²) < 4.78 is 0. The number of allylic oxidation sites excluding steroid dienone is 3. The molecule has 3 heteroatoms. The second-order valence-corrected chi connectivity index (χ2v) is 16.9. The number of para-hydroxylation sites is 1. The van der Waals surface area contributed by atoms with Crippen molar-refractivity contribution in [2.45, 2.75) is 102 Å². The smallest absolute Gasteiger partial charge is 0.137 e. The van der Waals surface area contributed by atoms with Gasteiger partial charge in [-0.2, -0.15) is 0 Å². The first-order valence-electron chi connectivity index (χ1n) is 18.5. The molecule has 0 amide bonds. The van der Waals surface area contributed by atoms with Gasteiger partial charge >= 0.3 is 0 Å². The number of hydrogen-bond acceptors (Lipinski definition) is 3. The largest absolute Gasteiger partial charge is 0.382 e. The van der Waals surface area contributed by atoms with E-state index < -0.39 is 0 Å². The molecule has 7 aliphatic carbocycles. The fourth-order valence-electron chi connectivity index (χ4n) is 13.9. The number of nitrogens with two attached hydrogens (primary N) is 1. The van der Waals surface area contributed by atoms with Gasteiger partial charge in [-0.15, -0.1) is 0 Å². The van der Waals surface area contributed by atoms with Gasteiger partial charge in [-0.05, 0) is 140 Å². The number of benzene rings is 1. The number of aldehydes is 1. The summed E-state index contributed by atoms with van der Waals surface area (Å²) in [6, 6.07) is 9.36. The van der Waals surface area contributed by atoms with Crippen LogP contribution in [0.2, 0.25) is 0 Å². The van der Waals surface area contributed by atoms with Crippen LogP contribution in [0.25, 0.3) is 0 Å². The Morgan fingerprint density at radius 2 is 1.65 bits per heavy atom. The molecule has 0 bridgehead atoms. The Kier molecular flexibility index (Phi) is 6.59. The van der Waals surface area contributed by atoms with Crippen LogP contribution in [-0.2, 0) is 11.2 Å². The first-order chi connectivity index (χ1) is 21.1. The molecule has 1 heterocycles. The van der Waals surface area contributed by atoms with E-state index in [2.05, 4.69) is 48.3 Å². The maximum atomic E-state index is 12.6. The Morgan fingerprint density at radius 1 is 0.837 bits per heavy atom. The van der Waals surface area contributed by atoms with Crippen molar-refractivity contribution in [1.29, 1.82) is 0 Å². The van der Waals surface area contributed by atoms with Gasteiger partial charge in [0.15, 0.2) is 0 Å². The van der Waals surface area contributed by atoms with Gasteiger partial charge in [0.25, 0.3) is 0 Å². The Hall–Kier alpha value is -1.87. The lowest BCUT2D eigenvalue weighted by Crippen LogP contribution is -2.43. The van der Waals surface area contributed by atoms with Gasteiger partial charge in [-0.1, -0.05) is 74.6 Å². The Labute approximate surface area is 259 Å². The van der Waals surface area contributed by atoms with Crippen LogP contribution in [0.5, 0.6) is 0 Å². The van der Waals surface area contributed by atoms with Gasteiger partial charge in [0.05, 0.1) is 6.04 Å². The minimum absolute atomic E-state index is 0.00592. The third-order valence-electron chi connectivity index (χ3n) is 15.6. The zero-order chi connectivity index (χ0) is 28.9. The number of hydrogen-bond donors (Lipinski definition) is 2. The number of aryl methyl sites for hydroxylation is 1. The first-order valence-corrected chi connectivity index (χ1v) is 18.5. The third-order valence-corrected chi connectivity index (χ3v) is 15.6. The molecular formula is C40H54N2O. The molecule has 3 N–H and O–H groups in total. The molecule has 1 aliphatic heterocycles. The molecule has 6 fully saturated rings. The predicted octanol–water partition coefficient (Wildman–Crippen LogP) is 8.21. The van der Waals surface area contributed by atoms with Gasteiger partial charge in [0.2, 0.25) is 0 Å². The highest BCUT2D eigenvalue weighted by Crippen LogP contribution is 2.76. The number of carbonyl (C=O) groups excluding carboxylic acids is 1. The van der Waals surface area contributed by atoms with Crippen molar-refractivity contribution < 1.29 is 4.79 Å². The van der Waals surface area contributed by atoms with E-state index in [-0.39, 0.29) is 11.5 Å². The molecule has 9 rings (SSSR count). The summed E-state index contributed by atoms with van der Waals surface area (Å²) in [6.45, 7) is 4.69. The highest BCUT2D eigenvalue weighted by Gasteiger charge is 2.74. The Morgan fingerprint density at radius 3 is 2.51 bits per heavy atom. The lowest BCUT2D eigenvalue weighted by molar-refractivity contribution is -0.111. The highest BCUT2D eigenvalue weighted by molar-refractivity contribution is 5.62. The Bertz CT molecular complexity index is 1290. The van der Waals surface area contributed by atoms with Crippen LogP contribution >= 0.6 is 0 Å². The van der Waals surface area contributed by atoms with Gasteiger partial charge in [0, 0.05) is 17.1 Å². The van der Waals surface area contributed by atoms with Crippen LogP contribution in [-0.4, -0.2) is 18.4 Å². The third kappa shape index (κ3) is 4.04. The molecule has 0 saturated heterocycles. The summed E-state index contributed by atoms with van der Waals surface area (Å²) in [7, 11) is 0. The molecule has 8 aliphatic rings. The zero-order valence-electron chi connectivity index (χ0n) is 26.2. The van der Waals surface area contributed by atoms with Gasteiger partial charge in [-0.25, -0.2) is 0 Å². The summed E-state index contributed by atoms with van der Waals surface area (Å²) in [5.74, 6) is 8.82. The van der Waals surface area contributed by atoms with Crippen molar-refractivity contribution in [2.24, 2.45) is 82.2 Å². The summed E-state index contributed by atoms with van der Waals surface area (Å²) in [4.78, 5) is 12.6. The molecule has 3 nitrogen and oxygen atoms in total. The highest BCUT2D eigenvalue weighted by atomic mass is 16.1. The van der Waals surface area contributed by atoms with Crippen LogP contribution < -0.4 is 11.1 Å². The molecule has 0 spiro atoms. The molecule has 230 valence electrons. The summed E-state index contributed by atoms with van der Waals surface area (Å²) in [5.41, 5.74) is 11.4. The van der Waals surface area contributed by atoms with Crippen LogP contribution in [0.4, 0.5) is 5.69 Å². The number of carbonyl (C=O) groups is 1. The number of anilines is 1. The number of nitrogens with one attached hydrogen (secondary N) is 1. The van der Waals surface area contributed by atoms with Crippen molar-refractivity contribution in [3.63, 3.8) is 0 Å². The van der Waals surface area contributed by atoms with Crippen LogP contribution in [0.3, 0.4) is 0 Å². The fourth-order valence-corrected chi connectivity index (χ4v) is 13.9. The van der Waals surface area contributed by atoms with E-state index in [1.807, 2.05) is 0 Å². The molecule has 0 aromatic heterocycles. The van der Waals surface area contributed by atoms with Gasteiger partial charge in [0.1, 0.15) is 6.29 Å². The van der Waals surface area contributed by atoms with Crippen molar-refractivity contribution in [1.82, 2.24) is 0 Å². The van der Waals surface area contributed by atoms with E-state index in [9.17, 15) is 4.79 Å². The second-order valence-electron chi connectivity index (χ2n) is 16.9. The van der Waals surface area contributed by atoms with E-state index in [4.69, 9.17) is 5.73 Å². The van der Waals surface area contributed by atoms with Crippen molar-refractivity contribution in [3.8, 4) is 0 Å². The van der Waals surface area contributed by atoms with Gasteiger partial charge in [-0.3, -0.25) is 0 Å². The van der Waals surface area contributed by atoms with Crippen molar-refractivity contribution >= 4 is 12.0 Å². The topological polar surface area (TPSA) is 55.1 Å². The monoisotopic (exact) mass is 578 g/mol. The first kappa shape index (κ1) is 27.4. The van der Waals surface area contributed by atoms with Crippen LogP contribution in [0.15, 0.2) is 48.6 Å². The maximum absolute atomic E-state index is 12.6. The average molecular weight is 579 g/mol. The fraction of sp³-hybridized carbons (Fsp3) is 0.725. The molecule has 43 heavy (non-hydrogen) atoms. The number of rotatable bonds is 4. The SMILES string of the molecule is C=C1CC[C@H]2[C@H]([C@H]3C[C@@H](C4CCCCC4)C[C@H]13)[C@@]2([C@@H]1C=C[C@@H]2[C@H](C[C@H]3[C@H]2C[C@H]2CCc4ccccc4N[C@H]23)C1)[C@@H](N)C=O. The van der Waals surface area contributed by atoms with Crippen LogP contribution in [0.1, 0.15) is 89.0 Å². The maximum Gasteiger partial charge on any atom is 0.137 e. The van der Waals surface area contributed by atoms with Crippen LogP contribution in [0, 0.1) is 76.4 Å². The quantitative estimate of drug-likeness (QED) is 0.280. The van der Waals surface area contributed by atoms with E-state index in [1.54, 1.807) is 5.57 Å². The lowest BCUT2D eigenvalue weighted by Gasteiger charge is -2.39. The summed E-state index contributed by atoms with van der Waals surface area (Å²) in [6.07, 6.45) is 25.4.